The maximum atomic E-state index is 11.1. The summed E-state index contributed by atoms with van der Waals surface area (Å²) in [5.41, 5.74) is 2.05. The van der Waals surface area contributed by atoms with E-state index in [9.17, 15) is 5.11 Å². The van der Waals surface area contributed by atoms with Gasteiger partial charge < -0.3 is 10.0 Å². The number of benzene rings is 1. The molecule has 104 valence electrons. The molecule has 1 aromatic carbocycles. The Morgan fingerprint density at radius 3 is 2.47 bits per heavy atom. The number of hydrogen-bond acceptors (Lipinski definition) is 2. The average molecular weight is 259 g/mol. The molecule has 1 saturated heterocycles. The maximum Gasteiger partial charge on any atom is 0.0923 e. The van der Waals surface area contributed by atoms with Gasteiger partial charge in [0.1, 0.15) is 0 Å². The van der Waals surface area contributed by atoms with Crippen molar-refractivity contribution in [2.45, 2.75) is 50.5 Å². The second kappa shape index (κ2) is 5.26. The van der Waals surface area contributed by atoms with Crippen molar-refractivity contribution in [3.8, 4) is 0 Å². The highest BCUT2D eigenvalue weighted by Crippen LogP contribution is 2.43. The van der Waals surface area contributed by atoms with Gasteiger partial charge in [-0.1, -0.05) is 37.6 Å². The quantitative estimate of drug-likeness (QED) is 0.900. The van der Waals surface area contributed by atoms with E-state index >= 15 is 0 Å². The van der Waals surface area contributed by atoms with Crippen molar-refractivity contribution in [3.05, 3.63) is 35.4 Å². The molecule has 1 aliphatic carbocycles. The first-order valence-electron chi connectivity index (χ1n) is 7.77. The lowest BCUT2D eigenvalue weighted by Gasteiger charge is -2.40. The van der Waals surface area contributed by atoms with Crippen LogP contribution in [0, 0.1) is 0 Å². The number of rotatable bonds is 3. The Morgan fingerprint density at radius 1 is 1.21 bits per heavy atom. The molecule has 2 nitrogen and oxygen atoms in total. The van der Waals surface area contributed by atoms with Crippen molar-refractivity contribution in [2.75, 3.05) is 19.6 Å². The molecule has 1 saturated carbocycles. The molecule has 0 radical (unpaired) electrons. The first kappa shape index (κ1) is 13.1. The van der Waals surface area contributed by atoms with Gasteiger partial charge in [0.25, 0.3) is 0 Å². The molecule has 2 fully saturated rings. The SMILES string of the molecule is CCN1CCC(O)(c2ccccc2C2CCC2)CC1. The van der Waals surface area contributed by atoms with Crippen LogP contribution in [0.1, 0.15) is 56.1 Å². The third-order valence-electron chi connectivity index (χ3n) is 5.14. The van der Waals surface area contributed by atoms with Crippen LogP contribution in [0.15, 0.2) is 24.3 Å². The monoisotopic (exact) mass is 259 g/mol. The Morgan fingerprint density at radius 2 is 1.89 bits per heavy atom. The molecule has 0 bridgehead atoms. The zero-order valence-corrected chi connectivity index (χ0v) is 11.9. The van der Waals surface area contributed by atoms with Crippen LogP contribution in [0.5, 0.6) is 0 Å². The fourth-order valence-corrected chi connectivity index (χ4v) is 3.50. The molecule has 1 aliphatic heterocycles. The van der Waals surface area contributed by atoms with Crippen LogP contribution in [0.25, 0.3) is 0 Å². The van der Waals surface area contributed by atoms with Crippen molar-refractivity contribution in [3.63, 3.8) is 0 Å². The smallest absolute Gasteiger partial charge is 0.0923 e. The van der Waals surface area contributed by atoms with Crippen molar-refractivity contribution in [2.24, 2.45) is 0 Å². The molecule has 0 unspecified atom stereocenters. The number of likely N-dealkylation sites (tertiary alicyclic amines) is 1. The minimum atomic E-state index is -0.585. The van der Waals surface area contributed by atoms with Gasteiger partial charge in [0.2, 0.25) is 0 Å². The maximum absolute atomic E-state index is 11.1. The van der Waals surface area contributed by atoms with Crippen LogP contribution >= 0.6 is 0 Å². The Bertz CT molecular complexity index is 431. The Balaban J connectivity index is 1.85. The normalized spacial score (nSPS) is 24.1. The summed E-state index contributed by atoms with van der Waals surface area (Å²) in [4.78, 5) is 2.43. The van der Waals surface area contributed by atoms with Crippen molar-refractivity contribution in [1.82, 2.24) is 4.90 Å². The predicted octanol–water partition coefficient (Wildman–Crippen LogP) is 3.26. The molecule has 1 N–H and O–H groups in total. The van der Waals surface area contributed by atoms with Gasteiger partial charge >= 0.3 is 0 Å². The molecule has 3 rings (SSSR count). The Labute approximate surface area is 116 Å². The molecule has 0 atom stereocenters. The number of piperidine rings is 1. The first-order valence-corrected chi connectivity index (χ1v) is 7.77. The molecule has 0 spiro atoms. The molecule has 2 heteroatoms. The van der Waals surface area contributed by atoms with E-state index in [1.807, 2.05) is 0 Å². The third-order valence-corrected chi connectivity index (χ3v) is 5.14. The van der Waals surface area contributed by atoms with E-state index < -0.39 is 5.60 Å². The van der Waals surface area contributed by atoms with Crippen molar-refractivity contribution >= 4 is 0 Å². The van der Waals surface area contributed by atoms with Crippen LogP contribution < -0.4 is 0 Å². The van der Waals surface area contributed by atoms with Crippen molar-refractivity contribution in [1.29, 1.82) is 0 Å². The third kappa shape index (κ3) is 2.44. The van der Waals surface area contributed by atoms with Gasteiger partial charge in [0.05, 0.1) is 5.60 Å². The van der Waals surface area contributed by atoms with E-state index in [2.05, 4.69) is 36.1 Å². The van der Waals surface area contributed by atoms with Crippen LogP contribution in [0.3, 0.4) is 0 Å². The summed E-state index contributed by atoms with van der Waals surface area (Å²) < 4.78 is 0. The van der Waals surface area contributed by atoms with Gasteiger partial charge in [-0.25, -0.2) is 0 Å². The fraction of sp³-hybridized carbons (Fsp3) is 0.647. The summed E-state index contributed by atoms with van der Waals surface area (Å²) in [6.45, 7) is 5.34. The first-order chi connectivity index (χ1) is 9.23. The summed E-state index contributed by atoms with van der Waals surface area (Å²) in [5, 5.41) is 11.1. The van der Waals surface area contributed by atoms with Crippen molar-refractivity contribution < 1.29 is 5.11 Å². The van der Waals surface area contributed by atoms with Crippen LogP contribution in [-0.2, 0) is 5.60 Å². The second-order valence-corrected chi connectivity index (χ2v) is 6.18. The molecule has 2 aliphatic rings. The fourth-order valence-electron chi connectivity index (χ4n) is 3.50. The summed E-state index contributed by atoms with van der Waals surface area (Å²) >= 11 is 0. The van der Waals surface area contributed by atoms with E-state index in [4.69, 9.17) is 0 Å². The van der Waals surface area contributed by atoms with Crippen LogP contribution in [0.2, 0.25) is 0 Å². The number of aliphatic hydroxyl groups is 1. The summed E-state index contributed by atoms with van der Waals surface area (Å²) in [6, 6.07) is 8.61. The molecular weight excluding hydrogens is 234 g/mol. The topological polar surface area (TPSA) is 23.5 Å². The van der Waals surface area contributed by atoms with Gasteiger partial charge in [-0.15, -0.1) is 0 Å². The van der Waals surface area contributed by atoms with Gasteiger partial charge in [-0.05, 0) is 49.3 Å². The van der Waals surface area contributed by atoms with Gasteiger partial charge in [-0.3, -0.25) is 0 Å². The average Bonchev–Trinajstić information content (AvgIpc) is 2.38. The van der Waals surface area contributed by atoms with E-state index in [0.29, 0.717) is 5.92 Å². The van der Waals surface area contributed by atoms with Crippen LogP contribution in [0.4, 0.5) is 0 Å². The van der Waals surface area contributed by atoms with E-state index in [1.54, 1.807) is 0 Å². The Kier molecular flexibility index (Phi) is 3.64. The lowest BCUT2D eigenvalue weighted by atomic mass is 9.73. The highest BCUT2D eigenvalue weighted by atomic mass is 16.3. The largest absolute Gasteiger partial charge is 0.385 e. The highest BCUT2D eigenvalue weighted by Gasteiger charge is 2.36. The van der Waals surface area contributed by atoms with Gasteiger partial charge in [0, 0.05) is 13.1 Å². The highest BCUT2D eigenvalue weighted by molar-refractivity contribution is 5.36. The lowest BCUT2D eigenvalue weighted by molar-refractivity contribution is -0.0258. The minimum Gasteiger partial charge on any atom is -0.385 e. The molecule has 1 aromatic rings. The summed E-state index contributed by atoms with van der Waals surface area (Å²) in [6.07, 6.45) is 5.71. The summed E-state index contributed by atoms with van der Waals surface area (Å²) in [7, 11) is 0. The molecule has 0 amide bonds. The van der Waals surface area contributed by atoms with E-state index in [-0.39, 0.29) is 0 Å². The zero-order valence-electron chi connectivity index (χ0n) is 11.9. The molecular formula is C17H25NO. The second-order valence-electron chi connectivity index (χ2n) is 6.18. The minimum absolute atomic E-state index is 0.585. The zero-order chi connectivity index (χ0) is 13.3. The molecule has 0 aromatic heterocycles. The summed E-state index contributed by atoms with van der Waals surface area (Å²) in [5.74, 6) is 0.699. The molecule has 19 heavy (non-hydrogen) atoms. The van der Waals surface area contributed by atoms with Gasteiger partial charge in [0.15, 0.2) is 0 Å². The lowest BCUT2D eigenvalue weighted by Crippen LogP contribution is -2.43. The molecule has 1 heterocycles. The van der Waals surface area contributed by atoms with Crippen LogP contribution in [-0.4, -0.2) is 29.6 Å². The van der Waals surface area contributed by atoms with E-state index in [1.165, 1.54) is 30.4 Å². The standard InChI is InChI=1S/C17H25NO/c1-2-18-12-10-17(19,11-13-18)16-9-4-3-8-15(16)14-6-5-7-14/h3-4,8-9,14,19H,2,5-7,10-13H2,1H3. The Hall–Kier alpha value is -0.860. The van der Waals surface area contributed by atoms with Gasteiger partial charge in [-0.2, -0.15) is 0 Å². The predicted molar refractivity (Wildman–Crippen MR) is 78.3 cm³/mol. The van der Waals surface area contributed by atoms with E-state index in [0.717, 1.165) is 32.5 Å². The number of nitrogens with zero attached hydrogens (tertiary/aromatic N) is 1. The number of hydrogen-bond donors (Lipinski definition) is 1.